The second kappa shape index (κ2) is 6.50. The van der Waals surface area contributed by atoms with E-state index in [0.29, 0.717) is 0 Å². The summed E-state index contributed by atoms with van der Waals surface area (Å²) in [4.78, 5) is 0. The number of methoxy groups -OCH3 is 1. The molecule has 102 valence electrons. The highest BCUT2D eigenvalue weighted by atomic mass is 16.5. The Morgan fingerprint density at radius 3 is 2.74 bits per heavy atom. The van der Waals surface area contributed by atoms with Crippen LogP contribution >= 0.6 is 0 Å². The van der Waals surface area contributed by atoms with Crippen LogP contribution in [0.5, 0.6) is 0 Å². The zero-order valence-corrected chi connectivity index (χ0v) is 11.8. The number of nitrogens with zero attached hydrogens (tertiary/aromatic N) is 2. The number of ether oxygens (including phenoxy) is 1. The van der Waals surface area contributed by atoms with Gasteiger partial charge in [-0.2, -0.15) is 5.10 Å². The smallest absolute Gasteiger partial charge is 0.0648 e. The molecule has 4 heteroatoms. The van der Waals surface area contributed by atoms with Gasteiger partial charge in [-0.3, -0.25) is 0 Å². The molecule has 0 radical (unpaired) electrons. The molecule has 0 unspecified atom stereocenters. The highest BCUT2D eigenvalue weighted by Crippen LogP contribution is 2.14. The molecule has 1 N–H and O–H groups in total. The SMILES string of the molecule is COCCNCc1ccc(-n2ccc(C)n2)cc1C. The van der Waals surface area contributed by atoms with Crippen LogP contribution in [0.25, 0.3) is 5.69 Å². The first-order chi connectivity index (χ1) is 9.20. The van der Waals surface area contributed by atoms with Gasteiger partial charge in [0.2, 0.25) is 0 Å². The van der Waals surface area contributed by atoms with Crippen molar-refractivity contribution in [1.29, 1.82) is 0 Å². The van der Waals surface area contributed by atoms with Crippen molar-refractivity contribution in [1.82, 2.24) is 15.1 Å². The average molecular weight is 259 g/mol. The largest absolute Gasteiger partial charge is 0.383 e. The molecule has 0 atom stereocenters. The predicted octanol–water partition coefficient (Wildman–Crippen LogP) is 2.23. The first-order valence-electron chi connectivity index (χ1n) is 6.52. The van der Waals surface area contributed by atoms with Crippen LogP contribution in [0.1, 0.15) is 16.8 Å². The lowest BCUT2D eigenvalue weighted by atomic mass is 10.1. The van der Waals surface area contributed by atoms with Crippen molar-refractivity contribution >= 4 is 0 Å². The normalized spacial score (nSPS) is 10.9. The fourth-order valence-corrected chi connectivity index (χ4v) is 1.98. The molecular formula is C15H21N3O. The van der Waals surface area contributed by atoms with Crippen LogP contribution in [0.2, 0.25) is 0 Å². The quantitative estimate of drug-likeness (QED) is 0.809. The van der Waals surface area contributed by atoms with Crippen LogP contribution < -0.4 is 5.32 Å². The van der Waals surface area contributed by atoms with E-state index < -0.39 is 0 Å². The molecule has 0 aliphatic heterocycles. The van der Waals surface area contributed by atoms with Gasteiger partial charge in [0.05, 0.1) is 18.0 Å². The van der Waals surface area contributed by atoms with E-state index in [1.54, 1.807) is 7.11 Å². The number of hydrogen-bond acceptors (Lipinski definition) is 3. The van der Waals surface area contributed by atoms with Crippen LogP contribution in [-0.4, -0.2) is 30.0 Å². The molecule has 0 bridgehead atoms. The Bertz CT molecular complexity index is 534. The average Bonchev–Trinajstić information content (AvgIpc) is 2.83. The molecule has 0 aliphatic rings. The summed E-state index contributed by atoms with van der Waals surface area (Å²) in [6.45, 7) is 6.61. The summed E-state index contributed by atoms with van der Waals surface area (Å²) in [5.41, 5.74) is 4.72. The molecule has 4 nitrogen and oxygen atoms in total. The molecule has 1 aromatic carbocycles. The Morgan fingerprint density at radius 1 is 1.26 bits per heavy atom. The van der Waals surface area contributed by atoms with Crippen molar-refractivity contribution in [3.05, 3.63) is 47.3 Å². The first kappa shape index (κ1) is 13.8. The van der Waals surface area contributed by atoms with E-state index >= 15 is 0 Å². The summed E-state index contributed by atoms with van der Waals surface area (Å²) >= 11 is 0. The van der Waals surface area contributed by atoms with E-state index in [1.165, 1.54) is 11.1 Å². The van der Waals surface area contributed by atoms with Gasteiger partial charge < -0.3 is 10.1 Å². The van der Waals surface area contributed by atoms with Crippen LogP contribution in [0.4, 0.5) is 0 Å². The van der Waals surface area contributed by atoms with Crippen molar-refractivity contribution in [2.24, 2.45) is 0 Å². The molecule has 0 spiro atoms. The molecule has 0 saturated heterocycles. The highest BCUT2D eigenvalue weighted by Gasteiger charge is 2.02. The van der Waals surface area contributed by atoms with Gasteiger partial charge in [-0.25, -0.2) is 4.68 Å². The van der Waals surface area contributed by atoms with Crippen LogP contribution in [0.3, 0.4) is 0 Å². The molecule has 1 heterocycles. The molecule has 0 fully saturated rings. The van der Waals surface area contributed by atoms with E-state index in [1.807, 2.05) is 23.9 Å². The number of aromatic nitrogens is 2. The molecule has 0 saturated carbocycles. The van der Waals surface area contributed by atoms with Gasteiger partial charge in [-0.15, -0.1) is 0 Å². The molecule has 0 amide bonds. The highest BCUT2D eigenvalue weighted by molar-refractivity contribution is 5.39. The fraction of sp³-hybridized carbons (Fsp3) is 0.400. The zero-order valence-electron chi connectivity index (χ0n) is 11.8. The summed E-state index contributed by atoms with van der Waals surface area (Å²) in [5, 5.41) is 7.78. The van der Waals surface area contributed by atoms with Crippen molar-refractivity contribution in [3.8, 4) is 5.69 Å². The minimum absolute atomic E-state index is 0.740. The Morgan fingerprint density at radius 2 is 2.11 bits per heavy atom. The standard InChI is InChI=1S/C15H21N3O/c1-12-10-15(18-8-6-13(2)17-18)5-4-14(12)11-16-7-9-19-3/h4-6,8,10,16H,7,9,11H2,1-3H3. The number of benzene rings is 1. The molecule has 19 heavy (non-hydrogen) atoms. The van der Waals surface area contributed by atoms with E-state index in [-0.39, 0.29) is 0 Å². The lowest BCUT2D eigenvalue weighted by Crippen LogP contribution is -2.19. The van der Waals surface area contributed by atoms with E-state index in [0.717, 1.165) is 31.1 Å². The van der Waals surface area contributed by atoms with Gasteiger partial charge in [0, 0.05) is 26.4 Å². The van der Waals surface area contributed by atoms with Gasteiger partial charge in [0.1, 0.15) is 0 Å². The molecular weight excluding hydrogens is 238 g/mol. The maximum absolute atomic E-state index is 5.02. The Kier molecular flexibility index (Phi) is 4.71. The van der Waals surface area contributed by atoms with E-state index in [9.17, 15) is 0 Å². The molecule has 0 aliphatic carbocycles. The topological polar surface area (TPSA) is 39.1 Å². The second-order valence-electron chi connectivity index (χ2n) is 4.68. The summed E-state index contributed by atoms with van der Waals surface area (Å²) in [6, 6.07) is 8.43. The predicted molar refractivity (Wildman–Crippen MR) is 76.6 cm³/mol. The minimum Gasteiger partial charge on any atom is -0.383 e. The fourth-order valence-electron chi connectivity index (χ4n) is 1.98. The number of aryl methyl sites for hydroxylation is 2. The van der Waals surface area contributed by atoms with Gasteiger partial charge in [0.25, 0.3) is 0 Å². The maximum Gasteiger partial charge on any atom is 0.0648 e. The van der Waals surface area contributed by atoms with Crippen LogP contribution in [0.15, 0.2) is 30.5 Å². The Hall–Kier alpha value is -1.65. The lowest BCUT2D eigenvalue weighted by Gasteiger charge is -2.10. The lowest BCUT2D eigenvalue weighted by molar-refractivity contribution is 0.199. The third-order valence-electron chi connectivity index (χ3n) is 3.11. The molecule has 2 rings (SSSR count). The van der Waals surface area contributed by atoms with E-state index in [2.05, 4.69) is 35.5 Å². The second-order valence-corrected chi connectivity index (χ2v) is 4.68. The van der Waals surface area contributed by atoms with Crippen LogP contribution in [0, 0.1) is 13.8 Å². The molecule has 2 aromatic rings. The van der Waals surface area contributed by atoms with Gasteiger partial charge in [-0.05, 0) is 43.2 Å². The Balaban J connectivity index is 2.04. The third kappa shape index (κ3) is 3.66. The number of hydrogen-bond donors (Lipinski definition) is 1. The maximum atomic E-state index is 5.02. The number of nitrogens with one attached hydrogen (secondary N) is 1. The Labute approximate surface area is 114 Å². The van der Waals surface area contributed by atoms with Crippen molar-refractivity contribution < 1.29 is 4.74 Å². The summed E-state index contributed by atoms with van der Waals surface area (Å²) in [7, 11) is 1.72. The summed E-state index contributed by atoms with van der Waals surface area (Å²) < 4.78 is 6.92. The summed E-state index contributed by atoms with van der Waals surface area (Å²) in [5.74, 6) is 0. The van der Waals surface area contributed by atoms with Gasteiger partial charge in [-0.1, -0.05) is 6.07 Å². The van der Waals surface area contributed by atoms with Gasteiger partial charge >= 0.3 is 0 Å². The minimum atomic E-state index is 0.740. The van der Waals surface area contributed by atoms with Crippen molar-refractivity contribution in [2.45, 2.75) is 20.4 Å². The van der Waals surface area contributed by atoms with Gasteiger partial charge in [0.15, 0.2) is 0 Å². The molecule has 1 aromatic heterocycles. The zero-order chi connectivity index (χ0) is 13.7. The van der Waals surface area contributed by atoms with Crippen molar-refractivity contribution in [2.75, 3.05) is 20.3 Å². The monoisotopic (exact) mass is 259 g/mol. The van der Waals surface area contributed by atoms with E-state index in [4.69, 9.17) is 4.74 Å². The third-order valence-corrected chi connectivity index (χ3v) is 3.11. The summed E-state index contributed by atoms with van der Waals surface area (Å²) in [6.07, 6.45) is 1.99. The number of rotatable bonds is 6. The van der Waals surface area contributed by atoms with Crippen LogP contribution in [-0.2, 0) is 11.3 Å². The van der Waals surface area contributed by atoms with Crippen molar-refractivity contribution in [3.63, 3.8) is 0 Å². The first-order valence-corrected chi connectivity index (χ1v) is 6.52.